The second kappa shape index (κ2) is 8.58. The van der Waals surface area contributed by atoms with Gasteiger partial charge in [0.2, 0.25) is 15.9 Å². The number of methoxy groups -OCH3 is 2. The molecule has 1 N–H and O–H groups in total. The van der Waals surface area contributed by atoms with Crippen LogP contribution in [0.4, 0.5) is 5.69 Å². The molecular formula is C22H26N2O6S. The average molecular weight is 447 g/mol. The van der Waals surface area contributed by atoms with E-state index in [0.717, 1.165) is 9.87 Å². The predicted molar refractivity (Wildman–Crippen MR) is 117 cm³/mol. The lowest BCUT2D eigenvalue weighted by Crippen LogP contribution is -2.33. The molecule has 1 saturated heterocycles. The molecule has 1 fully saturated rings. The molecule has 1 heterocycles. The minimum absolute atomic E-state index is 0.230. The van der Waals surface area contributed by atoms with Gasteiger partial charge in [-0.1, -0.05) is 0 Å². The summed E-state index contributed by atoms with van der Waals surface area (Å²) in [5.41, 5.74) is 0.520. The molecule has 0 atom stereocenters. The van der Waals surface area contributed by atoms with Crippen molar-refractivity contribution in [3.8, 4) is 11.5 Å². The summed E-state index contributed by atoms with van der Waals surface area (Å²) in [4.78, 5) is 25.0. The SMILES string of the molecule is COc1ccc(OC)c(CCNC(=O)c2ccc(N3C(=O)C(C)(C)CS3(=O)=O)cc2)c1. The summed E-state index contributed by atoms with van der Waals surface area (Å²) in [6.07, 6.45) is 0.541. The summed E-state index contributed by atoms with van der Waals surface area (Å²) < 4.78 is 36.2. The Morgan fingerprint density at radius 1 is 1.10 bits per heavy atom. The molecule has 0 aromatic heterocycles. The largest absolute Gasteiger partial charge is 0.497 e. The maximum Gasteiger partial charge on any atom is 0.251 e. The maximum atomic E-state index is 12.5. The monoisotopic (exact) mass is 446 g/mol. The van der Waals surface area contributed by atoms with Crippen LogP contribution < -0.4 is 19.1 Å². The van der Waals surface area contributed by atoms with E-state index in [1.807, 2.05) is 12.1 Å². The zero-order valence-corrected chi connectivity index (χ0v) is 18.8. The third kappa shape index (κ3) is 4.66. The molecule has 0 unspecified atom stereocenters. The molecule has 0 saturated carbocycles. The summed E-state index contributed by atoms with van der Waals surface area (Å²) in [5.74, 6) is 0.391. The van der Waals surface area contributed by atoms with Crippen LogP contribution in [0.3, 0.4) is 0 Å². The Morgan fingerprint density at radius 2 is 1.77 bits per heavy atom. The number of hydrogen-bond acceptors (Lipinski definition) is 6. The number of nitrogens with one attached hydrogen (secondary N) is 1. The van der Waals surface area contributed by atoms with Gasteiger partial charge in [0.25, 0.3) is 5.91 Å². The number of anilines is 1. The van der Waals surface area contributed by atoms with Gasteiger partial charge in [-0.3, -0.25) is 9.59 Å². The Bertz CT molecular complexity index is 1090. The number of amides is 2. The molecule has 0 radical (unpaired) electrons. The lowest BCUT2D eigenvalue weighted by molar-refractivity contribution is -0.123. The smallest absolute Gasteiger partial charge is 0.251 e. The van der Waals surface area contributed by atoms with Crippen LogP contribution in [0.25, 0.3) is 0 Å². The van der Waals surface area contributed by atoms with Gasteiger partial charge in [0, 0.05) is 12.1 Å². The van der Waals surface area contributed by atoms with E-state index in [4.69, 9.17) is 9.47 Å². The van der Waals surface area contributed by atoms with Crippen LogP contribution in [-0.4, -0.2) is 46.7 Å². The van der Waals surface area contributed by atoms with Gasteiger partial charge in [-0.2, -0.15) is 0 Å². The van der Waals surface area contributed by atoms with Gasteiger partial charge in [0.05, 0.1) is 31.1 Å². The fraction of sp³-hybridized carbons (Fsp3) is 0.364. The number of sulfonamides is 1. The first-order chi connectivity index (χ1) is 14.6. The van der Waals surface area contributed by atoms with Gasteiger partial charge in [0.1, 0.15) is 11.5 Å². The maximum absolute atomic E-state index is 12.5. The highest BCUT2D eigenvalue weighted by Gasteiger charge is 2.49. The molecule has 2 amide bonds. The Labute approximate surface area is 182 Å². The minimum Gasteiger partial charge on any atom is -0.497 e. The van der Waals surface area contributed by atoms with E-state index >= 15 is 0 Å². The molecule has 2 aromatic carbocycles. The van der Waals surface area contributed by atoms with Crippen molar-refractivity contribution in [2.75, 3.05) is 30.8 Å². The third-order valence-electron chi connectivity index (χ3n) is 5.12. The normalized spacial score (nSPS) is 16.8. The number of carbonyl (C=O) groups excluding carboxylic acids is 2. The van der Waals surface area contributed by atoms with E-state index < -0.39 is 21.3 Å². The molecule has 0 bridgehead atoms. The first-order valence-electron chi connectivity index (χ1n) is 9.75. The van der Waals surface area contributed by atoms with E-state index in [1.54, 1.807) is 34.1 Å². The van der Waals surface area contributed by atoms with Crippen LogP contribution in [0, 0.1) is 5.41 Å². The highest BCUT2D eigenvalue weighted by molar-refractivity contribution is 7.94. The number of nitrogens with zero attached hydrogens (tertiary/aromatic N) is 1. The van der Waals surface area contributed by atoms with E-state index in [-0.39, 0.29) is 17.3 Å². The summed E-state index contributed by atoms with van der Waals surface area (Å²) in [5, 5.41) is 2.83. The quantitative estimate of drug-likeness (QED) is 0.701. The van der Waals surface area contributed by atoms with Crippen LogP contribution in [0.15, 0.2) is 42.5 Å². The zero-order chi connectivity index (χ0) is 22.8. The number of ether oxygens (including phenoxy) is 2. The summed E-state index contributed by atoms with van der Waals surface area (Å²) in [6.45, 7) is 3.58. The van der Waals surface area contributed by atoms with Crippen LogP contribution in [0.2, 0.25) is 0 Å². The molecule has 31 heavy (non-hydrogen) atoms. The highest BCUT2D eigenvalue weighted by Crippen LogP contribution is 2.35. The van der Waals surface area contributed by atoms with E-state index in [9.17, 15) is 18.0 Å². The molecule has 8 nitrogen and oxygen atoms in total. The van der Waals surface area contributed by atoms with Crippen molar-refractivity contribution < 1.29 is 27.5 Å². The van der Waals surface area contributed by atoms with Gasteiger partial charge in [-0.15, -0.1) is 0 Å². The number of carbonyl (C=O) groups is 2. The lowest BCUT2D eigenvalue weighted by atomic mass is 9.95. The Kier molecular flexibility index (Phi) is 6.26. The van der Waals surface area contributed by atoms with Crippen LogP contribution in [0.5, 0.6) is 11.5 Å². The molecule has 1 aliphatic rings. The standard InChI is InChI=1S/C22H26N2O6S/c1-22(2)14-31(27,28)24(21(22)26)17-7-5-15(6-8-17)20(25)23-12-11-16-13-18(29-3)9-10-19(16)30-4/h5-10,13H,11-12,14H2,1-4H3,(H,23,25). The molecule has 2 aromatic rings. The van der Waals surface area contributed by atoms with Gasteiger partial charge in [-0.05, 0) is 68.3 Å². The number of rotatable bonds is 7. The number of benzene rings is 2. The van der Waals surface area contributed by atoms with Crippen molar-refractivity contribution in [2.24, 2.45) is 5.41 Å². The molecule has 3 rings (SSSR count). The van der Waals surface area contributed by atoms with E-state index in [0.29, 0.717) is 30.0 Å². The number of hydrogen-bond donors (Lipinski definition) is 1. The minimum atomic E-state index is -3.73. The van der Waals surface area contributed by atoms with Gasteiger partial charge >= 0.3 is 0 Å². The molecule has 9 heteroatoms. The van der Waals surface area contributed by atoms with Gasteiger partial charge < -0.3 is 14.8 Å². The van der Waals surface area contributed by atoms with Gasteiger partial charge in [-0.25, -0.2) is 12.7 Å². The first kappa shape index (κ1) is 22.6. The topological polar surface area (TPSA) is 102 Å². The van der Waals surface area contributed by atoms with Crippen LogP contribution in [-0.2, 0) is 21.2 Å². The fourth-order valence-electron chi connectivity index (χ4n) is 3.50. The average Bonchev–Trinajstić information content (AvgIpc) is 2.90. The Morgan fingerprint density at radius 3 is 2.32 bits per heavy atom. The molecular weight excluding hydrogens is 420 g/mol. The van der Waals surface area contributed by atoms with Crippen molar-refractivity contribution in [3.05, 3.63) is 53.6 Å². The van der Waals surface area contributed by atoms with Crippen LogP contribution in [0.1, 0.15) is 29.8 Å². The van der Waals surface area contributed by atoms with Crippen molar-refractivity contribution in [2.45, 2.75) is 20.3 Å². The molecule has 0 aliphatic carbocycles. The predicted octanol–water partition coefficient (Wildman–Crippen LogP) is 2.38. The fourth-order valence-corrected chi connectivity index (χ4v) is 5.61. The van der Waals surface area contributed by atoms with Crippen molar-refractivity contribution >= 4 is 27.5 Å². The lowest BCUT2D eigenvalue weighted by Gasteiger charge is -2.17. The summed E-state index contributed by atoms with van der Waals surface area (Å²) >= 11 is 0. The molecule has 1 aliphatic heterocycles. The van der Waals surface area contributed by atoms with Crippen molar-refractivity contribution in [3.63, 3.8) is 0 Å². The Balaban J connectivity index is 1.66. The highest BCUT2D eigenvalue weighted by atomic mass is 32.2. The first-order valence-corrected chi connectivity index (χ1v) is 11.4. The van der Waals surface area contributed by atoms with Crippen LogP contribution >= 0.6 is 0 Å². The Hall–Kier alpha value is -3.07. The van der Waals surface area contributed by atoms with Crippen molar-refractivity contribution in [1.29, 1.82) is 0 Å². The molecule has 166 valence electrons. The summed E-state index contributed by atoms with van der Waals surface area (Å²) in [7, 11) is -0.563. The summed E-state index contributed by atoms with van der Waals surface area (Å²) in [6, 6.07) is 11.4. The second-order valence-corrected chi connectivity index (χ2v) is 9.76. The molecule has 0 spiro atoms. The second-order valence-electron chi connectivity index (χ2n) is 7.94. The van der Waals surface area contributed by atoms with Gasteiger partial charge in [0.15, 0.2) is 0 Å². The zero-order valence-electron chi connectivity index (χ0n) is 18.0. The van der Waals surface area contributed by atoms with E-state index in [1.165, 1.54) is 24.3 Å². The van der Waals surface area contributed by atoms with Crippen molar-refractivity contribution in [1.82, 2.24) is 5.32 Å². The van der Waals surface area contributed by atoms with E-state index in [2.05, 4.69) is 5.32 Å². The third-order valence-corrected chi connectivity index (χ3v) is 7.14.